The lowest BCUT2D eigenvalue weighted by atomic mass is 10.1. The standard InChI is InChI=1S/C34H36N6/c1-3-23-21-31(17-19-33(23)37)39(27-9-5-25(35)6-10-27)29-13-15-30(16-14-29)40(28-11-7-26(36)8-12-28)32-18-20-34(38)24(4-2)22-32/h5-22H,3-4,35-38H2,1-2H3. The predicted molar refractivity (Wildman–Crippen MR) is 172 cm³/mol. The number of anilines is 10. The van der Waals surface area contributed by atoms with Crippen LogP contribution in [0.25, 0.3) is 0 Å². The number of nitrogens with two attached hydrogens (primary N) is 4. The van der Waals surface area contributed by atoms with Gasteiger partial charge in [0.2, 0.25) is 0 Å². The number of nitrogen functional groups attached to an aromatic ring is 4. The molecule has 0 amide bonds. The monoisotopic (exact) mass is 528 g/mol. The first-order chi connectivity index (χ1) is 19.4. The highest BCUT2D eigenvalue weighted by Crippen LogP contribution is 2.40. The second-order valence-electron chi connectivity index (χ2n) is 9.84. The molecule has 5 aromatic carbocycles. The molecule has 0 aliphatic heterocycles. The van der Waals surface area contributed by atoms with Gasteiger partial charge in [0, 0.05) is 56.9 Å². The number of benzene rings is 5. The fraction of sp³-hybridized carbons (Fsp3) is 0.118. The molecular formula is C34H36N6. The quantitative estimate of drug-likeness (QED) is 0.152. The normalized spacial score (nSPS) is 10.8. The van der Waals surface area contributed by atoms with Gasteiger partial charge in [-0.3, -0.25) is 0 Å². The maximum absolute atomic E-state index is 6.24. The van der Waals surface area contributed by atoms with Crippen molar-refractivity contribution in [3.8, 4) is 0 Å². The van der Waals surface area contributed by atoms with Crippen molar-refractivity contribution < 1.29 is 0 Å². The van der Waals surface area contributed by atoms with Crippen LogP contribution in [0.4, 0.5) is 56.9 Å². The third-order valence-electron chi connectivity index (χ3n) is 7.20. The molecule has 6 heteroatoms. The van der Waals surface area contributed by atoms with Gasteiger partial charge in [0.05, 0.1) is 0 Å². The van der Waals surface area contributed by atoms with Gasteiger partial charge >= 0.3 is 0 Å². The molecule has 0 radical (unpaired) electrons. The Morgan fingerprint density at radius 2 is 0.675 bits per heavy atom. The molecular weight excluding hydrogens is 492 g/mol. The van der Waals surface area contributed by atoms with E-state index in [0.29, 0.717) is 0 Å². The Bertz CT molecular complexity index is 1470. The van der Waals surface area contributed by atoms with Crippen LogP contribution in [0, 0.1) is 0 Å². The van der Waals surface area contributed by atoms with Crippen LogP contribution in [0.15, 0.2) is 109 Å². The molecule has 0 fully saturated rings. The zero-order valence-corrected chi connectivity index (χ0v) is 23.0. The smallest absolute Gasteiger partial charge is 0.0465 e. The third-order valence-corrected chi connectivity index (χ3v) is 7.20. The molecule has 0 aliphatic rings. The average Bonchev–Trinajstić information content (AvgIpc) is 2.97. The molecule has 0 unspecified atom stereocenters. The van der Waals surface area contributed by atoms with Crippen LogP contribution in [0.5, 0.6) is 0 Å². The van der Waals surface area contributed by atoms with E-state index in [9.17, 15) is 0 Å². The van der Waals surface area contributed by atoms with Gasteiger partial charge in [0.25, 0.3) is 0 Å². The molecule has 0 spiro atoms. The Hall–Kier alpha value is -5.10. The fourth-order valence-electron chi connectivity index (χ4n) is 4.97. The summed E-state index contributed by atoms with van der Waals surface area (Å²) in [5, 5.41) is 0. The molecule has 202 valence electrons. The Morgan fingerprint density at radius 1 is 0.400 bits per heavy atom. The second kappa shape index (κ2) is 11.3. The highest BCUT2D eigenvalue weighted by Gasteiger charge is 2.17. The summed E-state index contributed by atoms with van der Waals surface area (Å²) in [7, 11) is 0. The highest BCUT2D eigenvalue weighted by atomic mass is 15.2. The van der Waals surface area contributed by atoms with Gasteiger partial charge in [-0.2, -0.15) is 0 Å². The molecule has 5 rings (SSSR count). The van der Waals surface area contributed by atoms with E-state index >= 15 is 0 Å². The Balaban J connectivity index is 1.61. The minimum atomic E-state index is 0.722. The van der Waals surface area contributed by atoms with E-state index in [1.165, 1.54) is 0 Å². The average molecular weight is 529 g/mol. The maximum atomic E-state index is 6.24. The van der Waals surface area contributed by atoms with Crippen molar-refractivity contribution in [1.29, 1.82) is 0 Å². The third kappa shape index (κ3) is 5.38. The lowest BCUT2D eigenvalue weighted by Gasteiger charge is -2.29. The summed E-state index contributed by atoms with van der Waals surface area (Å²) < 4.78 is 0. The molecule has 0 bridgehead atoms. The second-order valence-corrected chi connectivity index (χ2v) is 9.84. The first-order valence-electron chi connectivity index (χ1n) is 13.6. The van der Waals surface area contributed by atoms with Gasteiger partial charge < -0.3 is 32.7 Å². The molecule has 0 saturated heterocycles. The minimum Gasteiger partial charge on any atom is -0.399 e. The molecule has 0 aliphatic carbocycles. The summed E-state index contributed by atoms with van der Waals surface area (Å²) in [4.78, 5) is 4.43. The summed E-state index contributed by atoms with van der Waals surface area (Å²) in [5.74, 6) is 0. The number of aryl methyl sites for hydroxylation is 2. The van der Waals surface area contributed by atoms with Crippen molar-refractivity contribution >= 4 is 56.9 Å². The minimum absolute atomic E-state index is 0.722. The van der Waals surface area contributed by atoms with Crippen molar-refractivity contribution in [3.63, 3.8) is 0 Å². The van der Waals surface area contributed by atoms with Crippen molar-refractivity contribution in [2.75, 3.05) is 32.7 Å². The van der Waals surface area contributed by atoms with Gasteiger partial charge in [0.15, 0.2) is 0 Å². The molecule has 40 heavy (non-hydrogen) atoms. The molecule has 6 nitrogen and oxygen atoms in total. The van der Waals surface area contributed by atoms with Gasteiger partial charge in [-0.15, -0.1) is 0 Å². The number of hydrogen-bond acceptors (Lipinski definition) is 6. The van der Waals surface area contributed by atoms with Crippen LogP contribution >= 0.6 is 0 Å². The Labute approximate surface area is 236 Å². The van der Waals surface area contributed by atoms with E-state index in [1.807, 2.05) is 60.7 Å². The van der Waals surface area contributed by atoms with Crippen LogP contribution in [0.3, 0.4) is 0 Å². The number of nitrogens with zero attached hydrogens (tertiary/aromatic N) is 2. The Kier molecular flexibility index (Phi) is 7.51. The van der Waals surface area contributed by atoms with Gasteiger partial charge in [-0.1, -0.05) is 13.8 Å². The lowest BCUT2D eigenvalue weighted by Crippen LogP contribution is -2.13. The van der Waals surface area contributed by atoms with E-state index < -0.39 is 0 Å². The molecule has 5 aromatic rings. The van der Waals surface area contributed by atoms with Crippen molar-refractivity contribution in [2.24, 2.45) is 0 Å². The number of hydrogen-bond donors (Lipinski definition) is 4. The van der Waals surface area contributed by atoms with E-state index in [1.54, 1.807) is 0 Å². The lowest BCUT2D eigenvalue weighted by molar-refractivity contribution is 1.13. The molecule has 8 N–H and O–H groups in total. The van der Waals surface area contributed by atoms with Crippen LogP contribution in [0.1, 0.15) is 25.0 Å². The van der Waals surface area contributed by atoms with Crippen LogP contribution in [-0.4, -0.2) is 0 Å². The zero-order valence-electron chi connectivity index (χ0n) is 23.0. The maximum Gasteiger partial charge on any atom is 0.0465 e. The topological polar surface area (TPSA) is 111 Å². The number of rotatable bonds is 8. The zero-order chi connectivity index (χ0) is 28.2. The Morgan fingerprint density at radius 3 is 0.975 bits per heavy atom. The first-order valence-corrected chi connectivity index (χ1v) is 13.6. The highest BCUT2D eigenvalue weighted by molar-refractivity contribution is 5.83. The van der Waals surface area contributed by atoms with Gasteiger partial charge in [-0.05, 0) is 133 Å². The summed E-state index contributed by atoms with van der Waals surface area (Å²) >= 11 is 0. The first kappa shape index (κ1) is 26.5. The molecule has 0 heterocycles. The van der Waals surface area contributed by atoms with E-state index in [4.69, 9.17) is 22.9 Å². The van der Waals surface area contributed by atoms with E-state index in [0.717, 1.165) is 80.8 Å². The van der Waals surface area contributed by atoms with Gasteiger partial charge in [-0.25, -0.2) is 0 Å². The van der Waals surface area contributed by atoms with Crippen molar-refractivity contribution in [2.45, 2.75) is 26.7 Å². The SMILES string of the molecule is CCc1cc(N(c2ccc(N)cc2)c2ccc(N(c3ccc(N)cc3)c3ccc(N)c(CC)c3)cc2)ccc1N. The molecule has 0 aromatic heterocycles. The molecule has 0 atom stereocenters. The van der Waals surface area contributed by atoms with E-state index in [2.05, 4.69) is 72.2 Å². The largest absolute Gasteiger partial charge is 0.399 e. The summed E-state index contributed by atoms with van der Waals surface area (Å²) in [6.07, 6.45) is 1.71. The molecule has 0 saturated carbocycles. The van der Waals surface area contributed by atoms with Gasteiger partial charge in [0.1, 0.15) is 0 Å². The summed E-state index contributed by atoms with van der Waals surface area (Å²) in [5.41, 5.74) is 35.9. The van der Waals surface area contributed by atoms with Crippen molar-refractivity contribution in [3.05, 3.63) is 120 Å². The summed E-state index contributed by atoms with van der Waals surface area (Å²) in [6, 6.07) is 36.7. The summed E-state index contributed by atoms with van der Waals surface area (Å²) in [6.45, 7) is 4.23. The van der Waals surface area contributed by atoms with Crippen molar-refractivity contribution in [1.82, 2.24) is 0 Å². The van der Waals surface area contributed by atoms with Crippen LogP contribution in [-0.2, 0) is 12.8 Å². The van der Waals surface area contributed by atoms with Crippen LogP contribution in [0.2, 0.25) is 0 Å². The predicted octanol–water partition coefficient (Wildman–Crippen LogP) is 8.08. The van der Waals surface area contributed by atoms with E-state index in [-0.39, 0.29) is 0 Å². The van der Waals surface area contributed by atoms with Crippen LogP contribution < -0.4 is 32.7 Å². The fourth-order valence-corrected chi connectivity index (χ4v) is 4.97.